The number of nitrogens with zero attached hydrogens (tertiary/aromatic N) is 2. The lowest BCUT2D eigenvalue weighted by Crippen LogP contribution is -2.61. The molecule has 1 heterocycles. The molecule has 5 rings (SSSR count). The Morgan fingerprint density at radius 1 is 0.938 bits per heavy atom. The van der Waals surface area contributed by atoms with E-state index in [2.05, 4.69) is 16.0 Å². The summed E-state index contributed by atoms with van der Waals surface area (Å²) in [5.74, 6) is -2.42. The Labute approximate surface area is 285 Å². The second-order valence-corrected chi connectivity index (χ2v) is 18.6. The molecule has 0 aromatic carbocycles. The summed E-state index contributed by atoms with van der Waals surface area (Å²) in [5.41, 5.74) is 5.00. The van der Waals surface area contributed by atoms with Crippen LogP contribution in [0.5, 0.6) is 0 Å². The molecule has 6 atom stereocenters. The number of Topliss-reactive ketones (excluding diaryl/α,β-unsaturated/α-hetero) is 1. The molecule has 1 unspecified atom stereocenters. The van der Waals surface area contributed by atoms with Crippen LogP contribution in [0.25, 0.3) is 0 Å². The number of likely N-dealkylation sites (N-methyl/N-ethyl adjacent to an activating group) is 1. The van der Waals surface area contributed by atoms with E-state index in [1.807, 2.05) is 20.8 Å². The van der Waals surface area contributed by atoms with Gasteiger partial charge >= 0.3 is 6.03 Å². The Morgan fingerprint density at radius 3 is 2.12 bits per heavy atom. The van der Waals surface area contributed by atoms with Crippen molar-refractivity contribution in [3.63, 3.8) is 0 Å². The van der Waals surface area contributed by atoms with Crippen LogP contribution in [0.15, 0.2) is 0 Å². The van der Waals surface area contributed by atoms with Crippen LogP contribution in [0.4, 0.5) is 4.79 Å². The van der Waals surface area contributed by atoms with Gasteiger partial charge in [0.2, 0.25) is 27.6 Å². The summed E-state index contributed by atoms with van der Waals surface area (Å²) in [6.45, 7) is 6.21. The minimum Gasteiger partial charge on any atom is -0.363 e. The zero-order valence-electron chi connectivity index (χ0n) is 29.3. The van der Waals surface area contributed by atoms with Crippen molar-refractivity contribution in [2.75, 3.05) is 26.4 Å². The van der Waals surface area contributed by atoms with Crippen molar-refractivity contribution < 1.29 is 32.4 Å². The maximum absolute atomic E-state index is 14.7. The lowest BCUT2D eigenvalue weighted by molar-refractivity contribution is -0.143. The van der Waals surface area contributed by atoms with Crippen LogP contribution < -0.4 is 21.7 Å². The molecule has 4 aliphatic carbocycles. The van der Waals surface area contributed by atoms with Crippen molar-refractivity contribution in [3.05, 3.63) is 0 Å². The van der Waals surface area contributed by atoms with Crippen molar-refractivity contribution in [1.29, 1.82) is 0 Å². The molecule has 1 saturated heterocycles. The molecule has 5 N–H and O–H groups in total. The Morgan fingerprint density at radius 2 is 1.58 bits per heavy atom. The largest absolute Gasteiger partial charge is 0.363 e. The van der Waals surface area contributed by atoms with Gasteiger partial charge in [0.25, 0.3) is 5.91 Å². The highest BCUT2D eigenvalue weighted by Crippen LogP contribution is 2.66. The second kappa shape index (κ2) is 13.9. The van der Waals surface area contributed by atoms with Gasteiger partial charge in [-0.25, -0.2) is 17.5 Å². The van der Waals surface area contributed by atoms with Crippen LogP contribution in [0.3, 0.4) is 0 Å². The maximum Gasteiger partial charge on any atom is 0.315 e. The van der Waals surface area contributed by atoms with Gasteiger partial charge in [0.15, 0.2) is 0 Å². The number of carbonyl (C=O) groups excluding carboxylic acids is 5. The first kappa shape index (κ1) is 36.5. The average Bonchev–Trinajstić information content (AvgIpc) is 3.92. The predicted octanol–water partition coefficient (Wildman–Crippen LogP) is 1.90. The van der Waals surface area contributed by atoms with Gasteiger partial charge in [-0.2, -0.15) is 0 Å². The first-order valence-electron chi connectivity index (χ1n) is 17.8. The number of carbonyl (C=O) groups is 5. The number of amides is 5. The van der Waals surface area contributed by atoms with Gasteiger partial charge in [-0.1, -0.05) is 52.9 Å². The molecule has 0 aromatic rings. The molecule has 0 radical (unpaired) electrons. The van der Waals surface area contributed by atoms with E-state index in [-0.39, 0.29) is 41.5 Å². The molecular weight excluding hydrogens is 636 g/mol. The Kier molecular flexibility index (Phi) is 10.6. The number of ketones is 1. The summed E-state index contributed by atoms with van der Waals surface area (Å²) in [6.07, 6.45) is 11.7. The van der Waals surface area contributed by atoms with E-state index in [1.54, 1.807) is 4.90 Å². The highest BCUT2D eigenvalue weighted by molar-refractivity contribution is 7.88. The zero-order valence-corrected chi connectivity index (χ0v) is 30.1. The molecule has 0 aromatic heterocycles. The number of hydrogen-bond donors (Lipinski definition) is 4. The molecule has 4 saturated carbocycles. The van der Waals surface area contributed by atoms with Crippen molar-refractivity contribution in [2.24, 2.45) is 40.2 Å². The number of sulfonamides is 1. The minimum atomic E-state index is -3.49. The third-order valence-corrected chi connectivity index (χ3v) is 13.3. The lowest BCUT2D eigenvalue weighted by atomic mass is 9.83. The van der Waals surface area contributed by atoms with Gasteiger partial charge in [0.1, 0.15) is 12.1 Å². The normalized spacial score (nSPS) is 27.2. The summed E-state index contributed by atoms with van der Waals surface area (Å²) < 4.78 is 25.6. The molecule has 5 fully saturated rings. The summed E-state index contributed by atoms with van der Waals surface area (Å²) in [6, 6.07) is -3.82. The number of hydrogen-bond acceptors (Lipinski definition) is 7. The number of nitrogens with one attached hydrogen (secondary N) is 3. The molecule has 1 spiro atoms. The van der Waals surface area contributed by atoms with E-state index in [9.17, 15) is 32.4 Å². The van der Waals surface area contributed by atoms with Crippen molar-refractivity contribution in [3.8, 4) is 0 Å². The molecule has 0 bridgehead atoms. The Balaban J connectivity index is 1.39. The fourth-order valence-electron chi connectivity index (χ4n) is 8.55. The van der Waals surface area contributed by atoms with Gasteiger partial charge in [0, 0.05) is 26.2 Å². The third kappa shape index (κ3) is 8.17. The zero-order chi connectivity index (χ0) is 35.2. The maximum atomic E-state index is 14.7. The minimum absolute atomic E-state index is 0.0592. The number of nitrogens with two attached hydrogens (primary N) is 1. The van der Waals surface area contributed by atoms with Gasteiger partial charge in [0.05, 0.1) is 12.3 Å². The highest BCUT2D eigenvalue weighted by Gasteiger charge is 2.64. The number of likely N-dealkylation sites (tertiary alicyclic amines) is 1. The molecule has 5 aliphatic rings. The number of rotatable bonds is 13. The molecule has 14 heteroatoms. The Bertz CT molecular complexity index is 1380. The van der Waals surface area contributed by atoms with Crippen LogP contribution in [0.1, 0.15) is 97.8 Å². The van der Waals surface area contributed by atoms with Crippen molar-refractivity contribution in [2.45, 2.75) is 122 Å². The molecular formula is C34H56N6O7S. The summed E-state index contributed by atoms with van der Waals surface area (Å²) in [4.78, 5) is 68.9. The van der Waals surface area contributed by atoms with Crippen LogP contribution in [-0.2, 0) is 29.2 Å². The third-order valence-electron chi connectivity index (χ3n) is 12.0. The standard InChI is InChI=1S/C34H56N6O7S/c1-33(2,3)25(19-39(4)48(5,46)47)37-32(45)38-26(21-9-7-6-8-10-21)31(44)40-18-23-22(13-14-34(23)15-16-34)27(40)30(43)36-24(17-20-11-12-20)28(41)29(35)42/h20-27H,6-19H2,1-5H3,(H2,35,42)(H,36,43)(H2,37,38,45)/t22-,23-,24?,25+,26-,27-/m0/s1. The smallest absolute Gasteiger partial charge is 0.315 e. The SMILES string of the molecule is CN(C[C@@H](NC(=O)N[C@H](C(=O)N1C[C@H]2[C@H](CCC23CC3)[C@H]1C(=O)NC(CC1CC1)C(=O)C(N)=O)C1CCCCC1)C(C)(C)C)S(C)(=O)=O. The van der Waals surface area contributed by atoms with Gasteiger partial charge in [-0.3, -0.25) is 19.2 Å². The fraction of sp³-hybridized carbons (Fsp3) is 0.853. The first-order valence-corrected chi connectivity index (χ1v) is 19.7. The summed E-state index contributed by atoms with van der Waals surface area (Å²) in [5, 5.41) is 8.80. The van der Waals surface area contributed by atoms with Gasteiger partial charge < -0.3 is 26.6 Å². The molecule has 48 heavy (non-hydrogen) atoms. The highest BCUT2D eigenvalue weighted by atomic mass is 32.2. The summed E-state index contributed by atoms with van der Waals surface area (Å²) in [7, 11) is -2.02. The van der Waals surface area contributed by atoms with Crippen molar-refractivity contribution in [1.82, 2.24) is 25.2 Å². The summed E-state index contributed by atoms with van der Waals surface area (Å²) >= 11 is 0. The van der Waals surface area contributed by atoms with Crippen LogP contribution >= 0.6 is 0 Å². The first-order chi connectivity index (χ1) is 22.4. The van der Waals surface area contributed by atoms with Crippen LogP contribution in [-0.4, -0.2) is 97.7 Å². The number of urea groups is 1. The van der Waals surface area contributed by atoms with E-state index < -0.39 is 63.2 Å². The topological polar surface area (TPSA) is 188 Å². The lowest BCUT2D eigenvalue weighted by Gasteiger charge is -2.37. The second-order valence-electron chi connectivity index (χ2n) is 16.5. The molecule has 270 valence electrons. The van der Waals surface area contributed by atoms with E-state index in [0.717, 1.165) is 76.9 Å². The van der Waals surface area contributed by atoms with Gasteiger partial charge in [-0.05, 0) is 79.4 Å². The quantitative estimate of drug-likeness (QED) is 0.212. The molecule has 5 amide bonds. The Hall–Kier alpha value is -2.74. The average molecular weight is 693 g/mol. The monoisotopic (exact) mass is 692 g/mol. The number of fused-ring (bicyclic) bond motifs is 2. The van der Waals surface area contributed by atoms with Crippen LogP contribution in [0, 0.1) is 34.5 Å². The fourth-order valence-corrected chi connectivity index (χ4v) is 8.97. The predicted molar refractivity (Wildman–Crippen MR) is 180 cm³/mol. The van der Waals surface area contributed by atoms with E-state index in [4.69, 9.17) is 5.73 Å². The van der Waals surface area contributed by atoms with E-state index in [0.29, 0.717) is 13.0 Å². The van der Waals surface area contributed by atoms with Crippen LogP contribution in [0.2, 0.25) is 0 Å². The van der Waals surface area contributed by atoms with E-state index >= 15 is 0 Å². The van der Waals surface area contributed by atoms with Crippen molar-refractivity contribution >= 4 is 39.6 Å². The van der Waals surface area contributed by atoms with E-state index in [1.165, 1.54) is 11.4 Å². The molecule has 13 nitrogen and oxygen atoms in total. The van der Waals surface area contributed by atoms with Gasteiger partial charge in [-0.15, -0.1) is 0 Å². The number of primary amides is 1. The molecule has 1 aliphatic heterocycles.